The van der Waals surface area contributed by atoms with Gasteiger partial charge >= 0.3 is 0 Å². The van der Waals surface area contributed by atoms with Crippen molar-refractivity contribution in [2.24, 2.45) is 12.1 Å². The van der Waals surface area contributed by atoms with Crippen LogP contribution in [-0.2, 0) is 7.05 Å². The van der Waals surface area contributed by atoms with Gasteiger partial charge in [0.1, 0.15) is 5.52 Å². The van der Waals surface area contributed by atoms with Crippen LogP contribution in [0.1, 0.15) is 5.56 Å². The van der Waals surface area contributed by atoms with Crippen LogP contribution in [0.15, 0.2) is 46.0 Å². The first-order valence-electron chi connectivity index (χ1n) is 7.55. The molecule has 0 unspecified atom stereocenters. The van der Waals surface area contributed by atoms with Gasteiger partial charge < -0.3 is 4.57 Å². The highest BCUT2D eigenvalue weighted by Crippen LogP contribution is 2.28. The molecule has 2 aromatic carbocycles. The third-order valence-electron chi connectivity index (χ3n) is 3.88. The van der Waals surface area contributed by atoms with E-state index in [4.69, 9.17) is 23.2 Å². The van der Waals surface area contributed by atoms with E-state index >= 15 is 0 Å². The molecule has 0 bridgehead atoms. The molecule has 0 aliphatic heterocycles. The van der Waals surface area contributed by atoms with E-state index in [9.17, 15) is 0 Å². The summed E-state index contributed by atoms with van der Waals surface area (Å²) >= 11 is 15.4. The lowest BCUT2D eigenvalue weighted by Crippen LogP contribution is -2.00. The number of halogens is 3. The van der Waals surface area contributed by atoms with E-state index < -0.39 is 0 Å². The van der Waals surface area contributed by atoms with Crippen LogP contribution in [0.3, 0.4) is 0 Å². The van der Waals surface area contributed by atoms with Gasteiger partial charge in [-0.05, 0) is 35.9 Å². The van der Waals surface area contributed by atoms with Crippen LogP contribution in [0.25, 0.3) is 22.1 Å². The third-order valence-corrected chi connectivity index (χ3v) is 5.12. The number of fused-ring (bicyclic) bond motifs is 3. The van der Waals surface area contributed by atoms with Crippen LogP contribution in [-0.4, -0.2) is 26.0 Å². The first kappa shape index (κ1) is 17.2. The average Bonchev–Trinajstić information content (AvgIpc) is 2.90. The molecule has 0 aliphatic carbocycles. The molecule has 1 N–H and O–H groups in total. The number of aryl methyl sites for hydroxylation is 1. The Hall–Kier alpha value is -2.22. The van der Waals surface area contributed by atoms with Gasteiger partial charge in [-0.15, -0.1) is 10.2 Å². The molecule has 2 heterocycles. The van der Waals surface area contributed by atoms with Crippen molar-refractivity contribution in [3.8, 4) is 0 Å². The monoisotopic (exact) mass is 448 g/mol. The minimum atomic E-state index is 0.304. The number of nitrogens with zero attached hydrogens (tertiary/aromatic N) is 5. The quantitative estimate of drug-likeness (QED) is 0.351. The SMILES string of the molecule is Cn1c2ccc(Br)cc2c2nnc(N/N=C/c3ccc(Cl)c(Cl)c3)nc21. The van der Waals surface area contributed by atoms with Gasteiger partial charge in [0, 0.05) is 16.9 Å². The van der Waals surface area contributed by atoms with Gasteiger partial charge in [0.25, 0.3) is 5.95 Å². The second kappa shape index (κ2) is 6.83. The fourth-order valence-electron chi connectivity index (χ4n) is 2.63. The normalized spacial score (nSPS) is 11.7. The molecular formula is C17H11BrCl2N6. The van der Waals surface area contributed by atoms with Crippen LogP contribution in [0, 0.1) is 0 Å². The molecule has 0 fully saturated rings. The molecule has 2 aromatic heterocycles. The lowest BCUT2D eigenvalue weighted by Gasteiger charge is -2.00. The molecule has 0 spiro atoms. The predicted octanol–water partition coefficient (Wildman–Crippen LogP) is 5.03. The van der Waals surface area contributed by atoms with Crippen molar-refractivity contribution < 1.29 is 0 Å². The minimum Gasteiger partial charge on any atom is -0.327 e. The number of hydrazone groups is 1. The van der Waals surface area contributed by atoms with Gasteiger partial charge in [-0.3, -0.25) is 0 Å². The van der Waals surface area contributed by atoms with Crippen LogP contribution in [0.5, 0.6) is 0 Å². The maximum absolute atomic E-state index is 5.99. The van der Waals surface area contributed by atoms with Crippen LogP contribution in [0.2, 0.25) is 10.0 Å². The molecule has 0 atom stereocenters. The lowest BCUT2D eigenvalue weighted by molar-refractivity contribution is 0.949. The first-order valence-corrected chi connectivity index (χ1v) is 9.10. The molecule has 4 aromatic rings. The van der Waals surface area contributed by atoms with Crippen molar-refractivity contribution in [1.29, 1.82) is 0 Å². The van der Waals surface area contributed by atoms with Crippen LogP contribution >= 0.6 is 39.1 Å². The Balaban J connectivity index is 1.65. The zero-order valence-corrected chi connectivity index (χ0v) is 16.5. The fourth-order valence-corrected chi connectivity index (χ4v) is 3.30. The summed E-state index contributed by atoms with van der Waals surface area (Å²) in [4.78, 5) is 4.51. The Bertz CT molecular complexity index is 1170. The highest BCUT2D eigenvalue weighted by Gasteiger charge is 2.12. The summed E-state index contributed by atoms with van der Waals surface area (Å²) in [5, 5.41) is 14.5. The second-order valence-electron chi connectivity index (χ2n) is 5.57. The van der Waals surface area contributed by atoms with E-state index in [0.717, 1.165) is 32.1 Å². The number of rotatable bonds is 3. The maximum Gasteiger partial charge on any atom is 0.265 e. The smallest absolute Gasteiger partial charge is 0.265 e. The average molecular weight is 450 g/mol. The molecular weight excluding hydrogens is 439 g/mol. The van der Waals surface area contributed by atoms with Crippen molar-refractivity contribution in [3.05, 3.63) is 56.5 Å². The van der Waals surface area contributed by atoms with E-state index in [1.807, 2.05) is 35.9 Å². The van der Waals surface area contributed by atoms with Gasteiger partial charge in [0.05, 0.1) is 21.8 Å². The van der Waals surface area contributed by atoms with Gasteiger partial charge in [0.2, 0.25) is 0 Å². The summed E-state index contributed by atoms with van der Waals surface area (Å²) in [5.74, 6) is 0.304. The van der Waals surface area contributed by atoms with Crippen LogP contribution < -0.4 is 5.43 Å². The Morgan fingerprint density at radius 3 is 2.77 bits per heavy atom. The molecule has 0 aliphatic rings. The van der Waals surface area contributed by atoms with E-state index in [1.54, 1.807) is 18.3 Å². The van der Waals surface area contributed by atoms with Crippen molar-refractivity contribution in [2.75, 3.05) is 5.43 Å². The topological polar surface area (TPSA) is 68.0 Å². The van der Waals surface area contributed by atoms with Gasteiger partial charge in [-0.2, -0.15) is 10.1 Å². The number of benzene rings is 2. The van der Waals surface area contributed by atoms with Crippen molar-refractivity contribution in [3.63, 3.8) is 0 Å². The summed E-state index contributed by atoms with van der Waals surface area (Å²) in [6.45, 7) is 0. The number of hydrogen-bond donors (Lipinski definition) is 1. The summed E-state index contributed by atoms with van der Waals surface area (Å²) in [5.41, 5.74) is 6.08. The Kier molecular flexibility index (Phi) is 4.52. The Labute approximate surface area is 167 Å². The molecule has 0 saturated heterocycles. The van der Waals surface area contributed by atoms with Crippen molar-refractivity contribution >= 4 is 73.4 Å². The minimum absolute atomic E-state index is 0.304. The van der Waals surface area contributed by atoms with Gasteiger partial charge in [-0.1, -0.05) is 45.2 Å². The number of anilines is 1. The molecule has 4 rings (SSSR count). The molecule has 0 radical (unpaired) electrons. The molecule has 9 heteroatoms. The fraction of sp³-hybridized carbons (Fsp3) is 0.0588. The van der Waals surface area contributed by atoms with E-state index in [-0.39, 0.29) is 0 Å². The third kappa shape index (κ3) is 3.13. The highest BCUT2D eigenvalue weighted by molar-refractivity contribution is 9.10. The largest absolute Gasteiger partial charge is 0.327 e. The number of nitrogens with one attached hydrogen (secondary N) is 1. The Morgan fingerprint density at radius 2 is 1.96 bits per heavy atom. The Morgan fingerprint density at radius 1 is 1.12 bits per heavy atom. The molecule has 26 heavy (non-hydrogen) atoms. The number of hydrogen-bond acceptors (Lipinski definition) is 5. The van der Waals surface area contributed by atoms with Gasteiger partial charge in [-0.25, -0.2) is 5.43 Å². The van der Waals surface area contributed by atoms with Crippen molar-refractivity contribution in [2.45, 2.75) is 0 Å². The highest BCUT2D eigenvalue weighted by atomic mass is 79.9. The zero-order valence-electron chi connectivity index (χ0n) is 13.4. The maximum atomic E-state index is 5.99. The molecule has 0 saturated carbocycles. The summed E-state index contributed by atoms with van der Waals surface area (Å²) < 4.78 is 2.95. The standard InChI is InChI=1S/C17H11BrCl2N6/c1-26-14-5-3-10(18)7-11(14)15-16(26)22-17(25-23-15)24-21-8-9-2-4-12(19)13(20)6-9/h2-8H,1H3,(H,22,24,25)/b21-8+. The molecule has 0 amide bonds. The van der Waals surface area contributed by atoms with Crippen LogP contribution in [0.4, 0.5) is 5.95 Å². The molecule has 130 valence electrons. The number of aromatic nitrogens is 4. The van der Waals surface area contributed by atoms with Gasteiger partial charge in [0.15, 0.2) is 5.65 Å². The lowest BCUT2D eigenvalue weighted by atomic mass is 10.2. The van der Waals surface area contributed by atoms with E-state index in [2.05, 4.69) is 41.6 Å². The summed E-state index contributed by atoms with van der Waals surface area (Å²) in [7, 11) is 1.94. The summed E-state index contributed by atoms with van der Waals surface area (Å²) in [6, 6.07) is 11.2. The molecule has 6 nitrogen and oxygen atoms in total. The first-order chi connectivity index (χ1) is 12.5. The predicted molar refractivity (Wildman–Crippen MR) is 109 cm³/mol. The van der Waals surface area contributed by atoms with E-state index in [1.165, 1.54) is 0 Å². The summed E-state index contributed by atoms with van der Waals surface area (Å²) in [6.07, 6.45) is 1.61. The van der Waals surface area contributed by atoms with Crippen molar-refractivity contribution in [1.82, 2.24) is 19.7 Å². The zero-order chi connectivity index (χ0) is 18.3. The van der Waals surface area contributed by atoms with E-state index in [0.29, 0.717) is 16.0 Å². The second-order valence-corrected chi connectivity index (χ2v) is 7.30.